The van der Waals surface area contributed by atoms with Gasteiger partial charge in [0.25, 0.3) is 0 Å². The van der Waals surface area contributed by atoms with Crippen molar-refractivity contribution in [2.24, 2.45) is 0 Å². The maximum absolute atomic E-state index is 11.2. The summed E-state index contributed by atoms with van der Waals surface area (Å²) in [7, 11) is 1.90. The van der Waals surface area contributed by atoms with Crippen molar-refractivity contribution >= 4 is 41.1 Å². The Labute approximate surface area is 164 Å². The van der Waals surface area contributed by atoms with Crippen LogP contribution in [-0.4, -0.2) is 32.8 Å². The molecule has 3 aromatic rings. The molecule has 0 saturated carbocycles. The van der Waals surface area contributed by atoms with Gasteiger partial charge in [0.1, 0.15) is 17.8 Å². The van der Waals surface area contributed by atoms with Gasteiger partial charge in [-0.15, -0.1) is 0 Å². The fourth-order valence-corrected chi connectivity index (χ4v) is 4.03. The Morgan fingerprint density at radius 2 is 1.32 bits per heavy atom. The number of hydrogen-bond donors (Lipinski definition) is 0. The van der Waals surface area contributed by atoms with Crippen LogP contribution in [-0.2, 0) is 16.6 Å². The van der Waals surface area contributed by atoms with Gasteiger partial charge in [-0.2, -0.15) is 0 Å². The summed E-state index contributed by atoms with van der Waals surface area (Å²) in [6, 6.07) is 23.6. The van der Waals surface area contributed by atoms with E-state index in [0.29, 0.717) is 0 Å². The van der Waals surface area contributed by atoms with Gasteiger partial charge in [0.15, 0.2) is 4.90 Å². The number of hydrogen-bond acceptors (Lipinski definition) is 1. The van der Waals surface area contributed by atoms with E-state index >= 15 is 0 Å². The number of rotatable bonds is 4. The molecular weight excluding hydrogens is 512 g/mol. The van der Waals surface area contributed by atoms with Gasteiger partial charge in [0.05, 0.1) is 7.11 Å². The maximum atomic E-state index is 9.93. The molecule has 3 aromatic carbocycles. The molecule has 0 aliphatic rings. The molecule has 3 rings (SSSR count). The average molecular weight is 531 g/mol. The molecule has 1 nitrogen and oxygen atoms in total. The third-order valence-corrected chi connectivity index (χ3v) is 5.53. The average Bonchev–Trinajstić information content (AvgIpc) is 2.59. The van der Waals surface area contributed by atoms with Crippen LogP contribution in [0.1, 0.15) is 5.56 Å². The Hall–Kier alpha value is -1.53. The Morgan fingerprint density at radius 3 is 1.89 bits per heavy atom. The summed E-state index contributed by atoms with van der Waals surface area (Å²) < 4.78 is 64.8. The standard InChI is InChI=1S/C19H19OS.6FH.Sb/c1-20-17-10-12-18(13-11-17)21(2)14-16-8-5-7-15-6-3-4-9-19(15)16;;;;;;;/h3-13H,14H2,1-2H3;6*1H;/q+1;;;;;;;+5/p-6. The molecule has 9 heteroatoms. The van der Waals surface area contributed by atoms with Gasteiger partial charge in [0, 0.05) is 16.5 Å². The molecule has 0 saturated heterocycles. The van der Waals surface area contributed by atoms with E-state index in [1.165, 1.54) is 21.2 Å². The summed E-state index contributed by atoms with van der Waals surface area (Å²) in [5.41, 5.74) is 1.43. The summed E-state index contributed by atoms with van der Waals surface area (Å²) in [5.74, 6) is 1.99. The van der Waals surface area contributed by atoms with Gasteiger partial charge >= 0.3 is 36.4 Å². The first-order valence-electron chi connectivity index (χ1n) is 8.02. The molecule has 154 valence electrons. The minimum absolute atomic E-state index is 0.194. The van der Waals surface area contributed by atoms with Crippen molar-refractivity contribution in [2.45, 2.75) is 10.6 Å². The molecule has 0 amide bonds. The van der Waals surface area contributed by atoms with Crippen molar-refractivity contribution in [3.63, 3.8) is 0 Å². The normalized spacial score (nSPS) is 15.0. The van der Waals surface area contributed by atoms with E-state index in [1.54, 1.807) is 7.11 Å². The summed E-state index contributed by atoms with van der Waals surface area (Å²) in [6.45, 7) is 0. The Kier molecular flexibility index (Phi) is 6.27. The van der Waals surface area contributed by atoms with Crippen LogP contribution in [0.5, 0.6) is 5.75 Å². The first-order chi connectivity index (χ1) is 12.7. The molecule has 0 aliphatic heterocycles. The van der Waals surface area contributed by atoms with Crippen molar-refractivity contribution in [3.05, 3.63) is 72.3 Å². The first kappa shape index (κ1) is 22.8. The van der Waals surface area contributed by atoms with Crippen molar-refractivity contribution in [2.75, 3.05) is 13.4 Å². The fraction of sp³-hybridized carbons (Fsp3) is 0.158. The Balaban J connectivity index is 0.000000345. The number of fused-ring (bicyclic) bond motifs is 1. The fourth-order valence-electron chi connectivity index (χ4n) is 2.54. The van der Waals surface area contributed by atoms with Crippen LogP contribution < -0.4 is 4.74 Å². The number of methoxy groups -OCH3 is 1. The second kappa shape index (κ2) is 7.71. The van der Waals surface area contributed by atoms with Crippen LogP contribution in [0.25, 0.3) is 10.8 Å². The van der Waals surface area contributed by atoms with Crippen molar-refractivity contribution in [1.82, 2.24) is 0 Å². The summed E-state index contributed by atoms with van der Waals surface area (Å²) in [4.78, 5) is 1.38. The van der Waals surface area contributed by atoms with Crippen LogP contribution in [0.4, 0.5) is 16.9 Å². The zero-order valence-corrected chi connectivity index (χ0v) is 18.5. The molecular formula is C19H19F6OSSb. The van der Waals surface area contributed by atoms with E-state index in [-0.39, 0.29) is 10.9 Å². The van der Waals surface area contributed by atoms with E-state index in [9.17, 15) is 16.9 Å². The van der Waals surface area contributed by atoms with Crippen LogP contribution in [0.2, 0.25) is 0 Å². The predicted octanol–water partition coefficient (Wildman–Crippen LogP) is 6.80. The molecule has 0 heterocycles. The third-order valence-electron chi connectivity index (χ3n) is 3.71. The third kappa shape index (κ3) is 8.65. The van der Waals surface area contributed by atoms with Crippen LogP contribution >= 0.6 is 0 Å². The van der Waals surface area contributed by atoms with E-state index in [1.807, 2.05) is 12.1 Å². The first-order valence-corrected chi connectivity index (χ1v) is 15.6. The topological polar surface area (TPSA) is 9.23 Å². The number of ether oxygens (including phenoxy) is 1. The number of halogens is 6. The molecule has 0 N–H and O–H groups in total. The van der Waals surface area contributed by atoms with Crippen molar-refractivity contribution in [3.8, 4) is 5.75 Å². The van der Waals surface area contributed by atoms with Gasteiger partial charge in [0.2, 0.25) is 0 Å². The van der Waals surface area contributed by atoms with E-state index in [4.69, 9.17) is 4.74 Å². The SMILES string of the molecule is COc1ccc([S+](C)Cc2cccc3ccccc23)cc1.[F][Sb-]([F])([F])([F])([F])[F]. The predicted molar refractivity (Wildman–Crippen MR) is 105 cm³/mol. The van der Waals surface area contributed by atoms with Gasteiger partial charge < -0.3 is 4.74 Å². The van der Waals surface area contributed by atoms with Gasteiger partial charge in [-0.25, -0.2) is 0 Å². The van der Waals surface area contributed by atoms with Crippen LogP contribution in [0, 0.1) is 0 Å². The molecule has 1 unspecified atom stereocenters. The summed E-state index contributed by atoms with van der Waals surface area (Å²) in [5, 5.41) is 2.69. The molecule has 0 aliphatic carbocycles. The Morgan fingerprint density at radius 1 is 0.786 bits per heavy atom. The summed E-state index contributed by atoms with van der Waals surface area (Å²) >= 11 is -11.2. The molecule has 0 spiro atoms. The summed E-state index contributed by atoms with van der Waals surface area (Å²) in [6.07, 6.45) is 2.31. The van der Waals surface area contributed by atoms with Crippen molar-refractivity contribution in [1.29, 1.82) is 0 Å². The molecule has 28 heavy (non-hydrogen) atoms. The van der Waals surface area contributed by atoms with Gasteiger partial charge in [-0.3, -0.25) is 0 Å². The van der Waals surface area contributed by atoms with E-state index in [0.717, 1.165) is 11.5 Å². The quantitative estimate of drug-likeness (QED) is 0.205. The van der Waals surface area contributed by atoms with Crippen molar-refractivity contribution < 1.29 is 21.6 Å². The van der Waals surface area contributed by atoms with Crippen LogP contribution in [0.3, 0.4) is 0 Å². The minimum atomic E-state index is -11.2. The molecule has 0 radical (unpaired) electrons. The molecule has 0 aromatic heterocycles. The van der Waals surface area contributed by atoms with E-state index in [2.05, 4.69) is 60.9 Å². The molecule has 0 bridgehead atoms. The second-order valence-corrected chi connectivity index (χ2v) is 13.6. The molecule has 1 atom stereocenters. The molecule has 0 fully saturated rings. The van der Waals surface area contributed by atoms with Gasteiger partial charge in [-0.1, -0.05) is 42.5 Å². The van der Waals surface area contributed by atoms with E-state index < -0.39 is 19.5 Å². The zero-order valence-electron chi connectivity index (χ0n) is 15.1. The number of benzene rings is 3. The van der Waals surface area contributed by atoms with Crippen LogP contribution in [0.15, 0.2) is 71.6 Å². The monoisotopic (exact) mass is 530 g/mol. The Bertz CT molecular complexity index is 926. The zero-order chi connectivity index (χ0) is 21.1. The second-order valence-electron chi connectivity index (χ2n) is 6.05. The van der Waals surface area contributed by atoms with Gasteiger partial charge in [-0.05, 0) is 35.0 Å².